The minimum absolute atomic E-state index is 0.103. The van der Waals surface area contributed by atoms with Crippen LogP contribution in [0.15, 0.2) is 36.0 Å². The first-order valence-electron chi connectivity index (χ1n) is 21.9. The van der Waals surface area contributed by atoms with Crippen molar-refractivity contribution in [2.45, 2.75) is 245 Å². The van der Waals surface area contributed by atoms with E-state index in [0.717, 1.165) is 25.7 Å². The van der Waals surface area contributed by atoms with Gasteiger partial charge in [-0.25, -0.2) is 4.79 Å². The van der Waals surface area contributed by atoms with Gasteiger partial charge in [-0.2, -0.15) is 0 Å². The molecule has 0 aliphatic heterocycles. The van der Waals surface area contributed by atoms with Gasteiger partial charge in [0.15, 0.2) is 0 Å². The molecule has 0 fully saturated rings. The number of esters is 1. The average Bonchev–Trinajstić information content (AvgIpc) is 3.09. The number of hydrogen-bond acceptors (Lipinski definition) is 2. The van der Waals surface area contributed by atoms with Gasteiger partial charge in [0.2, 0.25) is 0 Å². The first-order chi connectivity index (χ1) is 23.7. The first kappa shape index (κ1) is 46.7. The van der Waals surface area contributed by atoms with Gasteiger partial charge >= 0.3 is 5.97 Å². The molecular formula is C46H86O2. The zero-order valence-electron chi connectivity index (χ0n) is 33.2. The molecule has 2 heteroatoms. The van der Waals surface area contributed by atoms with E-state index in [2.05, 4.69) is 45.1 Å². The van der Waals surface area contributed by atoms with E-state index < -0.39 is 0 Å². The molecule has 282 valence electrons. The molecule has 48 heavy (non-hydrogen) atoms. The summed E-state index contributed by atoms with van der Waals surface area (Å²) in [5.74, 6) is -0.103. The zero-order chi connectivity index (χ0) is 34.9. The van der Waals surface area contributed by atoms with Gasteiger partial charge in [-0.3, -0.25) is 0 Å². The van der Waals surface area contributed by atoms with Crippen LogP contribution in [0.25, 0.3) is 0 Å². The summed E-state index contributed by atoms with van der Waals surface area (Å²) in [4.78, 5) is 12.4. The van der Waals surface area contributed by atoms with Crippen LogP contribution in [-0.2, 0) is 9.53 Å². The molecule has 0 saturated heterocycles. The van der Waals surface area contributed by atoms with E-state index in [9.17, 15) is 4.79 Å². The maximum Gasteiger partial charge on any atom is 0.330 e. The number of ether oxygens (including phenoxy) is 1. The highest BCUT2D eigenvalue weighted by Gasteiger charge is 2.05. The van der Waals surface area contributed by atoms with Crippen LogP contribution >= 0.6 is 0 Å². The molecule has 0 rings (SSSR count). The molecule has 0 aliphatic rings. The summed E-state index contributed by atoms with van der Waals surface area (Å²) in [7, 11) is 0. The molecule has 0 atom stereocenters. The third kappa shape index (κ3) is 39.1. The fourth-order valence-corrected chi connectivity index (χ4v) is 6.60. The Labute approximate surface area is 302 Å². The normalized spacial score (nSPS) is 12.2. The Balaban J connectivity index is 3.48. The monoisotopic (exact) mass is 671 g/mol. The first-order valence-corrected chi connectivity index (χ1v) is 21.9. The van der Waals surface area contributed by atoms with Crippen molar-refractivity contribution in [1.82, 2.24) is 0 Å². The van der Waals surface area contributed by atoms with Crippen molar-refractivity contribution in [1.29, 1.82) is 0 Å². The highest BCUT2D eigenvalue weighted by Crippen LogP contribution is 2.19. The molecule has 0 aliphatic carbocycles. The summed E-state index contributed by atoms with van der Waals surface area (Å²) in [5, 5.41) is 0. The molecule has 0 aromatic carbocycles. The number of allylic oxidation sites excluding steroid dienone is 5. The fourth-order valence-electron chi connectivity index (χ4n) is 6.60. The second kappa shape index (κ2) is 41.9. The van der Waals surface area contributed by atoms with E-state index in [1.807, 2.05) is 6.08 Å². The minimum atomic E-state index is -0.103. The number of rotatable bonds is 39. The van der Waals surface area contributed by atoms with Crippen molar-refractivity contribution < 1.29 is 9.53 Å². The highest BCUT2D eigenvalue weighted by molar-refractivity contribution is 5.82. The topological polar surface area (TPSA) is 26.3 Å². The summed E-state index contributed by atoms with van der Waals surface area (Å²) in [5.41, 5.74) is 1.32. The van der Waals surface area contributed by atoms with Crippen LogP contribution in [0.3, 0.4) is 0 Å². The predicted octanol–water partition coefficient (Wildman–Crippen LogP) is 16.3. The van der Waals surface area contributed by atoms with Gasteiger partial charge in [-0.15, -0.1) is 0 Å². The molecule has 0 spiro atoms. The van der Waals surface area contributed by atoms with Crippen LogP contribution in [0.1, 0.15) is 245 Å². The van der Waals surface area contributed by atoms with Gasteiger partial charge in [-0.1, -0.05) is 211 Å². The lowest BCUT2D eigenvalue weighted by Gasteiger charge is -2.08. The predicted molar refractivity (Wildman–Crippen MR) is 216 cm³/mol. The van der Waals surface area contributed by atoms with Crippen LogP contribution in [0, 0.1) is 0 Å². The highest BCUT2D eigenvalue weighted by atomic mass is 16.5. The molecule has 0 N–H and O–H groups in total. The number of carbonyl (C=O) groups is 1. The average molecular weight is 671 g/mol. The molecule has 0 heterocycles. The zero-order valence-corrected chi connectivity index (χ0v) is 33.2. The Morgan fingerprint density at radius 1 is 0.396 bits per heavy atom. The molecule has 0 bridgehead atoms. The second-order valence-electron chi connectivity index (χ2n) is 14.8. The number of hydrogen-bond donors (Lipinski definition) is 0. The van der Waals surface area contributed by atoms with Crippen LogP contribution in [0.2, 0.25) is 0 Å². The Morgan fingerprint density at radius 2 is 0.729 bits per heavy atom. The Hall–Kier alpha value is -1.31. The summed E-state index contributed by atoms with van der Waals surface area (Å²) in [6, 6.07) is 0. The van der Waals surface area contributed by atoms with E-state index in [4.69, 9.17) is 4.74 Å². The Kier molecular flexibility index (Phi) is 40.7. The van der Waals surface area contributed by atoms with Gasteiger partial charge in [0.25, 0.3) is 0 Å². The summed E-state index contributed by atoms with van der Waals surface area (Å²) < 4.78 is 5.58. The third-order valence-electron chi connectivity index (χ3n) is 9.86. The number of unbranched alkanes of at least 4 members (excludes halogenated alkanes) is 28. The lowest BCUT2D eigenvalue weighted by atomic mass is 10.00. The van der Waals surface area contributed by atoms with Crippen molar-refractivity contribution >= 4 is 5.97 Å². The van der Waals surface area contributed by atoms with Crippen LogP contribution in [0.4, 0.5) is 0 Å². The van der Waals surface area contributed by atoms with Gasteiger partial charge in [-0.05, 0) is 64.2 Å². The lowest BCUT2D eigenvalue weighted by Crippen LogP contribution is -2.04. The maximum absolute atomic E-state index is 12.4. The second-order valence-corrected chi connectivity index (χ2v) is 14.8. The Bertz CT molecular complexity index is 718. The van der Waals surface area contributed by atoms with Crippen molar-refractivity contribution in [3.05, 3.63) is 36.0 Å². The van der Waals surface area contributed by atoms with Crippen molar-refractivity contribution in [3.8, 4) is 0 Å². The molecule has 0 radical (unpaired) electrons. The minimum Gasteiger partial charge on any atom is -0.463 e. The molecule has 0 unspecified atom stereocenters. The van der Waals surface area contributed by atoms with E-state index in [1.165, 1.54) is 205 Å². The number of carbonyl (C=O) groups excluding carboxylic acids is 1. The molecule has 0 aromatic rings. The van der Waals surface area contributed by atoms with Gasteiger partial charge in [0.05, 0.1) is 6.61 Å². The van der Waals surface area contributed by atoms with Crippen LogP contribution < -0.4 is 0 Å². The lowest BCUT2D eigenvalue weighted by molar-refractivity contribution is -0.137. The molecule has 0 aromatic heterocycles. The van der Waals surface area contributed by atoms with Gasteiger partial charge in [0, 0.05) is 6.08 Å². The van der Waals surface area contributed by atoms with Crippen LogP contribution in [-0.4, -0.2) is 12.6 Å². The Morgan fingerprint density at radius 3 is 1.21 bits per heavy atom. The van der Waals surface area contributed by atoms with E-state index in [1.54, 1.807) is 0 Å². The van der Waals surface area contributed by atoms with Gasteiger partial charge in [0.1, 0.15) is 0 Å². The third-order valence-corrected chi connectivity index (χ3v) is 9.86. The fraction of sp³-hybridized carbons (Fsp3) is 0.848. The summed E-state index contributed by atoms with van der Waals surface area (Å²) >= 11 is 0. The van der Waals surface area contributed by atoms with Crippen molar-refractivity contribution in [2.75, 3.05) is 6.61 Å². The maximum atomic E-state index is 12.4. The van der Waals surface area contributed by atoms with E-state index >= 15 is 0 Å². The molecular weight excluding hydrogens is 585 g/mol. The standard InChI is InChI=1S/C46H86O2/c1-4-7-10-12-14-15-16-17-18-19-20-21-22-23-24-25-26-27-28-29-30-31-32-33-34-35-37-40-43-48-46(47)44-45(41-38-9-6-3)42-39-36-13-11-8-5-2/h14-15,17-18,44H,4-13,16,19-43H2,1-3H3/b15-14+,18-17+,45-44-. The molecule has 0 amide bonds. The summed E-state index contributed by atoms with van der Waals surface area (Å²) in [6.45, 7) is 7.37. The van der Waals surface area contributed by atoms with Gasteiger partial charge < -0.3 is 4.74 Å². The van der Waals surface area contributed by atoms with Crippen molar-refractivity contribution in [3.63, 3.8) is 0 Å². The quantitative estimate of drug-likeness (QED) is 0.0281. The molecule has 0 saturated carbocycles. The molecule has 2 nitrogen and oxygen atoms in total. The smallest absolute Gasteiger partial charge is 0.330 e. The van der Waals surface area contributed by atoms with E-state index in [0.29, 0.717) is 6.61 Å². The largest absolute Gasteiger partial charge is 0.463 e. The van der Waals surface area contributed by atoms with Crippen LogP contribution in [0.5, 0.6) is 0 Å². The van der Waals surface area contributed by atoms with Crippen molar-refractivity contribution in [2.24, 2.45) is 0 Å². The van der Waals surface area contributed by atoms with E-state index in [-0.39, 0.29) is 5.97 Å². The SMILES string of the molecule is CCCCC/C=C/C/C=C/CCCCCCCCCCCCCCCCCCCCOC(=O)/C=C(/CCCCC)CCCCCCCC. The summed E-state index contributed by atoms with van der Waals surface area (Å²) in [6.07, 6.45) is 57.3.